The summed E-state index contributed by atoms with van der Waals surface area (Å²) in [4.78, 5) is 27.4. The fourth-order valence-electron chi connectivity index (χ4n) is 6.34. The fraction of sp³-hybridized carbons (Fsp3) is 0.444. The molecule has 2 aliphatic heterocycles. The van der Waals surface area contributed by atoms with E-state index in [1.807, 2.05) is 75.5 Å². The highest BCUT2D eigenvalue weighted by molar-refractivity contribution is 5.98. The fourth-order valence-corrected chi connectivity index (χ4v) is 6.34. The van der Waals surface area contributed by atoms with Crippen molar-refractivity contribution in [1.29, 1.82) is 0 Å². The van der Waals surface area contributed by atoms with Gasteiger partial charge in [-0.05, 0) is 55.6 Å². The Bertz CT molecular complexity index is 1520. The topological polar surface area (TPSA) is 112 Å². The van der Waals surface area contributed by atoms with E-state index in [1.54, 1.807) is 24.3 Å². The van der Waals surface area contributed by atoms with Gasteiger partial charge in [-0.25, -0.2) is 0 Å². The molecule has 0 bridgehead atoms. The molecule has 2 saturated heterocycles. The van der Waals surface area contributed by atoms with Gasteiger partial charge in [0.25, 0.3) is 0 Å². The Hall–Kier alpha value is -3.81. The molecular weight excluding hydrogens is 627 g/mol. The van der Waals surface area contributed by atoms with Crippen LogP contribution in [0.25, 0.3) is 0 Å². The van der Waals surface area contributed by atoms with Gasteiger partial charge in [0.1, 0.15) is 6.04 Å². The summed E-state index contributed by atoms with van der Waals surface area (Å²) in [6.45, 7) is 4.28. The van der Waals surface area contributed by atoms with Crippen LogP contribution in [0.1, 0.15) is 67.4 Å². The molecule has 3 aromatic carbocycles. The van der Waals surface area contributed by atoms with Crippen molar-refractivity contribution in [2.24, 2.45) is 5.92 Å². The molecule has 0 unspecified atom stereocenters. The third-order valence-corrected chi connectivity index (χ3v) is 9.39. The molecule has 0 saturated carbocycles. The van der Waals surface area contributed by atoms with Crippen LogP contribution in [0.2, 0.25) is 0 Å². The van der Waals surface area contributed by atoms with Crippen molar-refractivity contribution in [3.63, 3.8) is 0 Å². The minimum absolute atomic E-state index is 0.0809. The molecule has 5 rings (SSSR count). The number of alkyl halides is 3. The van der Waals surface area contributed by atoms with Crippen molar-refractivity contribution in [3.8, 4) is 0 Å². The van der Waals surface area contributed by atoms with Crippen LogP contribution in [0, 0.1) is 5.92 Å². The summed E-state index contributed by atoms with van der Waals surface area (Å²) in [6, 6.07) is 22.3. The van der Waals surface area contributed by atoms with Gasteiger partial charge < -0.3 is 29.9 Å². The minimum atomic E-state index is -5.05. The SMILES string of the molecule is C[C@@H]1[C@H](CN(C)[C@H](C)[C@@H](O)c2ccccc2)O[C@H](c2ccc(NC(=O)[C@@H]3CCCN3C(=O)C(F)(F)F)cc2)O[C@@H]1c1ccc(CO)cc1. The van der Waals surface area contributed by atoms with Gasteiger partial charge in [-0.3, -0.25) is 14.5 Å². The average Bonchev–Trinajstić information content (AvgIpc) is 3.59. The number of likely N-dealkylation sites (tertiary alicyclic amines) is 1. The lowest BCUT2D eigenvalue weighted by Crippen LogP contribution is -2.48. The normalized spacial score (nSPS) is 24.4. The molecule has 2 aliphatic rings. The predicted molar refractivity (Wildman–Crippen MR) is 172 cm³/mol. The molecule has 7 atom stereocenters. The van der Waals surface area contributed by atoms with Gasteiger partial charge >= 0.3 is 12.1 Å². The quantitative estimate of drug-likeness (QED) is 0.261. The maximum absolute atomic E-state index is 13.1. The van der Waals surface area contributed by atoms with E-state index in [0.29, 0.717) is 29.1 Å². The summed E-state index contributed by atoms with van der Waals surface area (Å²) >= 11 is 0. The first kappa shape index (κ1) is 35.5. The number of benzene rings is 3. The first-order valence-corrected chi connectivity index (χ1v) is 16.1. The second kappa shape index (κ2) is 15.2. The molecular formula is C36H42F3N3O6. The number of halogens is 3. The third-order valence-electron chi connectivity index (χ3n) is 9.39. The molecule has 0 spiro atoms. The summed E-state index contributed by atoms with van der Waals surface area (Å²) in [5.74, 6) is -2.80. The van der Waals surface area contributed by atoms with E-state index in [9.17, 15) is 33.0 Å². The third kappa shape index (κ3) is 8.07. The lowest BCUT2D eigenvalue weighted by molar-refractivity contribution is -0.276. The smallest absolute Gasteiger partial charge is 0.392 e. The van der Waals surface area contributed by atoms with Crippen LogP contribution >= 0.6 is 0 Å². The number of amides is 2. The van der Waals surface area contributed by atoms with Gasteiger partial charge in [0.2, 0.25) is 5.91 Å². The van der Waals surface area contributed by atoms with Crippen molar-refractivity contribution in [2.45, 2.75) is 76.2 Å². The van der Waals surface area contributed by atoms with E-state index < -0.39 is 36.4 Å². The van der Waals surface area contributed by atoms with E-state index in [-0.39, 0.29) is 43.7 Å². The van der Waals surface area contributed by atoms with Gasteiger partial charge in [-0.1, -0.05) is 73.7 Å². The average molecular weight is 670 g/mol. The number of carbonyl (C=O) groups excluding carboxylic acids is 2. The van der Waals surface area contributed by atoms with Crippen molar-refractivity contribution in [1.82, 2.24) is 9.80 Å². The molecule has 2 fully saturated rings. The number of carbonyl (C=O) groups is 2. The minimum Gasteiger partial charge on any atom is -0.392 e. The van der Waals surface area contributed by atoms with Gasteiger partial charge in [0.15, 0.2) is 6.29 Å². The Balaban J connectivity index is 1.32. The molecule has 48 heavy (non-hydrogen) atoms. The molecule has 3 N–H and O–H groups in total. The van der Waals surface area contributed by atoms with E-state index in [0.717, 1.165) is 16.7 Å². The number of hydrogen-bond donors (Lipinski definition) is 3. The number of anilines is 1. The molecule has 258 valence electrons. The van der Waals surface area contributed by atoms with Crippen molar-refractivity contribution in [3.05, 3.63) is 101 Å². The monoisotopic (exact) mass is 669 g/mol. The molecule has 3 aromatic rings. The first-order chi connectivity index (χ1) is 22.9. The van der Waals surface area contributed by atoms with Gasteiger partial charge in [-0.2, -0.15) is 13.2 Å². The Kier molecular flexibility index (Phi) is 11.2. The second-order valence-corrected chi connectivity index (χ2v) is 12.6. The number of ether oxygens (including phenoxy) is 2. The van der Waals surface area contributed by atoms with Crippen molar-refractivity contribution < 1.29 is 42.4 Å². The highest BCUT2D eigenvalue weighted by atomic mass is 19.4. The Morgan fingerprint density at radius 2 is 1.65 bits per heavy atom. The molecule has 2 heterocycles. The molecule has 9 nitrogen and oxygen atoms in total. The Morgan fingerprint density at radius 3 is 2.27 bits per heavy atom. The van der Waals surface area contributed by atoms with Crippen LogP contribution in [0.3, 0.4) is 0 Å². The molecule has 2 amide bonds. The summed E-state index contributed by atoms with van der Waals surface area (Å²) in [6.07, 6.45) is -6.80. The van der Waals surface area contributed by atoms with Gasteiger partial charge in [0, 0.05) is 36.3 Å². The predicted octanol–water partition coefficient (Wildman–Crippen LogP) is 5.52. The largest absolute Gasteiger partial charge is 0.471 e. The standard InChI is InChI=1S/C36H42F3N3O6/c1-22-30(20-41(3)23(2)31(44)25-8-5-4-6-9-25)47-34(48-32(22)26-13-11-24(21-43)12-14-26)27-15-17-28(18-16-27)40-33(45)29-10-7-19-42(29)35(46)36(37,38)39/h4-6,8-9,11-18,22-23,29-32,34,43-44H,7,10,19-21H2,1-3H3,(H,40,45)/t22-,23-,29+,30+,31-,32+,34+/m1/s1. The summed E-state index contributed by atoms with van der Waals surface area (Å²) < 4.78 is 52.2. The number of aliphatic hydroxyl groups is 2. The second-order valence-electron chi connectivity index (χ2n) is 12.6. The number of aliphatic hydroxyl groups excluding tert-OH is 2. The lowest BCUT2D eigenvalue weighted by Gasteiger charge is -2.43. The molecule has 0 aliphatic carbocycles. The Morgan fingerprint density at radius 1 is 1.00 bits per heavy atom. The van der Waals surface area contributed by atoms with Crippen LogP contribution in [-0.4, -0.2) is 76.3 Å². The van der Waals surface area contributed by atoms with Crippen LogP contribution in [-0.2, 0) is 25.7 Å². The summed E-state index contributed by atoms with van der Waals surface area (Å²) in [5.41, 5.74) is 3.52. The van der Waals surface area contributed by atoms with Crippen molar-refractivity contribution >= 4 is 17.5 Å². The number of rotatable bonds is 10. The van der Waals surface area contributed by atoms with Crippen LogP contribution in [0.4, 0.5) is 18.9 Å². The first-order valence-electron chi connectivity index (χ1n) is 16.1. The van der Waals surface area contributed by atoms with E-state index in [4.69, 9.17) is 9.47 Å². The van der Waals surface area contributed by atoms with E-state index in [2.05, 4.69) is 10.2 Å². The van der Waals surface area contributed by atoms with Crippen LogP contribution in [0.5, 0.6) is 0 Å². The highest BCUT2D eigenvalue weighted by Gasteiger charge is 2.47. The maximum Gasteiger partial charge on any atom is 0.471 e. The van der Waals surface area contributed by atoms with Gasteiger partial charge in [0.05, 0.1) is 24.9 Å². The molecule has 0 aromatic heterocycles. The molecule has 12 heteroatoms. The zero-order valence-electron chi connectivity index (χ0n) is 27.1. The van der Waals surface area contributed by atoms with E-state index >= 15 is 0 Å². The Labute approximate surface area is 278 Å². The number of nitrogens with one attached hydrogen (secondary N) is 1. The van der Waals surface area contributed by atoms with Crippen LogP contribution in [0.15, 0.2) is 78.9 Å². The zero-order valence-corrected chi connectivity index (χ0v) is 27.1. The van der Waals surface area contributed by atoms with E-state index in [1.165, 1.54) is 0 Å². The number of hydrogen-bond acceptors (Lipinski definition) is 7. The lowest BCUT2D eigenvalue weighted by atomic mass is 9.89. The van der Waals surface area contributed by atoms with Crippen molar-refractivity contribution in [2.75, 3.05) is 25.5 Å². The maximum atomic E-state index is 13.1. The number of likely N-dealkylation sites (N-methyl/N-ethyl adjacent to an activating group) is 1. The molecule has 0 radical (unpaired) electrons. The van der Waals surface area contributed by atoms with Gasteiger partial charge in [-0.15, -0.1) is 0 Å². The summed E-state index contributed by atoms with van der Waals surface area (Å²) in [7, 11) is 1.94. The highest BCUT2D eigenvalue weighted by Crippen LogP contribution is 2.42. The number of nitrogens with zero attached hydrogens (tertiary/aromatic N) is 2. The van der Waals surface area contributed by atoms with Crippen LogP contribution < -0.4 is 5.32 Å². The summed E-state index contributed by atoms with van der Waals surface area (Å²) in [5, 5.41) is 23.3. The zero-order chi connectivity index (χ0) is 34.6.